The van der Waals surface area contributed by atoms with E-state index in [0.29, 0.717) is 23.3 Å². The summed E-state index contributed by atoms with van der Waals surface area (Å²) in [6.45, 7) is 1.42. The van der Waals surface area contributed by atoms with E-state index in [1.807, 2.05) is 49.5 Å². The van der Waals surface area contributed by atoms with Crippen LogP contribution in [0.15, 0.2) is 47.0 Å². The molecule has 0 saturated carbocycles. The van der Waals surface area contributed by atoms with Crippen molar-refractivity contribution in [2.75, 3.05) is 27.8 Å². The summed E-state index contributed by atoms with van der Waals surface area (Å²) < 4.78 is 16.0. The minimum absolute atomic E-state index is 0.565. The number of halogens is 1. The van der Waals surface area contributed by atoms with E-state index in [4.69, 9.17) is 25.6 Å². The normalized spacial score (nSPS) is 11.0. The average molecular weight is 388 g/mol. The molecule has 6 nitrogen and oxygen atoms in total. The van der Waals surface area contributed by atoms with Crippen LogP contribution in [0.1, 0.15) is 11.5 Å². The molecule has 3 aromatic rings. The Labute approximate surface area is 163 Å². The lowest BCUT2D eigenvalue weighted by molar-refractivity contribution is 0.269. The van der Waals surface area contributed by atoms with Crippen molar-refractivity contribution in [1.82, 2.24) is 15.0 Å². The maximum Gasteiger partial charge on any atom is 0.241 e. The quantitative estimate of drug-likeness (QED) is 0.580. The zero-order chi connectivity index (χ0) is 19.2. The second kappa shape index (κ2) is 8.88. The molecule has 0 unspecified atom stereocenters. The number of nitrogens with zero attached hydrogens (tertiary/aromatic N) is 3. The highest BCUT2D eigenvalue weighted by Crippen LogP contribution is 2.27. The van der Waals surface area contributed by atoms with Gasteiger partial charge in [-0.1, -0.05) is 22.8 Å². The first-order valence-corrected chi connectivity index (χ1v) is 8.95. The van der Waals surface area contributed by atoms with E-state index in [9.17, 15) is 0 Å². The van der Waals surface area contributed by atoms with Crippen LogP contribution in [0.4, 0.5) is 0 Å². The molecule has 2 aromatic carbocycles. The summed E-state index contributed by atoms with van der Waals surface area (Å²) in [7, 11) is 5.29. The number of rotatable bonds is 8. The van der Waals surface area contributed by atoms with Crippen molar-refractivity contribution in [2.45, 2.75) is 13.0 Å². The molecule has 0 fully saturated rings. The number of likely N-dealkylation sites (N-methyl/N-ethyl adjacent to an activating group) is 1. The van der Waals surface area contributed by atoms with Crippen LogP contribution in [0.25, 0.3) is 11.4 Å². The van der Waals surface area contributed by atoms with Crippen molar-refractivity contribution >= 4 is 11.6 Å². The summed E-state index contributed by atoms with van der Waals surface area (Å²) in [5.41, 5.74) is 2.05. The van der Waals surface area contributed by atoms with Gasteiger partial charge in [-0.2, -0.15) is 4.98 Å². The summed E-state index contributed by atoms with van der Waals surface area (Å²) in [4.78, 5) is 6.59. The number of aromatic nitrogens is 2. The summed E-state index contributed by atoms with van der Waals surface area (Å²) >= 11 is 5.91. The number of ether oxygens (including phenoxy) is 2. The topological polar surface area (TPSA) is 60.6 Å². The Morgan fingerprint density at radius 2 is 1.78 bits per heavy atom. The summed E-state index contributed by atoms with van der Waals surface area (Å²) in [6, 6.07) is 13.3. The van der Waals surface area contributed by atoms with Crippen LogP contribution in [0, 0.1) is 0 Å². The van der Waals surface area contributed by atoms with Crippen molar-refractivity contribution < 1.29 is 14.0 Å². The van der Waals surface area contributed by atoms with E-state index in [2.05, 4.69) is 15.0 Å². The third-order valence-corrected chi connectivity index (χ3v) is 4.46. The van der Waals surface area contributed by atoms with E-state index in [1.165, 1.54) is 5.56 Å². The van der Waals surface area contributed by atoms with Crippen LogP contribution >= 0.6 is 11.6 Å². The highest BCUT2D eigenvalue weighted by Gasteiger charge is 2.11. The third kappa shape index (κ3) is 4.99. The van der Waals surface area contributed by atoms with Crippen LogP contribution in [0.5, 0.6) is 11.5 Å². The van der Waals surface area contributed by atoms with Gasteiger partial charge in [-0.25, -0.2) is 0 Å². The molecule has 1 heterocycles. The molecule has 1 aromatic heterocycles. The van der Waals surface area contributed by atoms with Gasteiger partial charge in [-0.05, 0) is 55.4 Å². The fraction of sp³-hybridized carbons (Fsp3) is 0.300. The van der Waals surface area contributed by atoms with Gasteiger partial charge in [0.25, 0.3) is 0 Å². The molecule has 0 aliphatic heterocycles. The summed E-state index contributed by atoms with van der Waals surface area (Å²) in [5.74, 6) is 2.61. The second-order valence-electron chi connectivity index (χ2n) is 6.20. The summed E-state index contributed by atoms with van der Waals surface area (Å²) in [5, 5.41) is 4.72. The maximum absolute atomic E-state index is 5.91. The molecule has 0 aliphatic rings. The maximum atomic E-state index is 5.91. The van der Waals surface area contributed by atoms with Crippen LogP contribution in [0.2, 0.25) is 5.02 Å². The molecule has 142 valence electrons. The van der Waals surface area contributed by atoms with E-state index in [1.54, 1.807) is 14.2 Å². The van der Waals surface area contributed by atoms with E-state index < -0.39 is 0 Å². The van der Waals surface area contributed by atoms with Gasteiger partial charge in [0, 0.05) is 17.1 Å². The number of hydrogen-bond donors (Lipinski definition) is 0. The highest BCUT2D eigenvalue weighted by atomic mass is 35.5. The van der Waals surface area contributed by atoms with Crippen molar-refractivity contribution in [3.63, 3.8) is 0 Å². The zero-order valence-electron chi connectivity index (χ0n) is 15.6. The number of methoxy groups -OCH3 is 2. The lowest BCUT2D eigenvalue weighted by atomic mass is 10.1. The van der Waals surface area contributed by atoms with E-state index >= 15 is 0 Å². The van der Waals surface area contributed by atoms with Gasteiger partial charge in [0.2, 0.25) is 11.7 Å². The van der Waals surface area contributed by atoms with Crippen molar-refractivity contribution in [3.05, 3.63) is 58.9 Å². The predicted molar refractivity (Wildman–Crippen MR) is 104 cm³/mol. The van der Waals surface area contributed by atoms with Crippen LogP contribution < -0.4 is 9.47 Å². The lowest BCUT2D eigenvalue weighted by Gasteiger charge is -2.15. The number of benzene rings is 2. The van der Waals surface area contributed by atoms with Gasteiger partial charge < -0.3 is 14.0 Å². The van der Waals surface area contributed by atoms with Crippen molar-refractivity contribution in [3.8, 4) is 22.9 Å². The monoisotopic (exact) mass is 387 g/mol. The zero-order valence-corrected chi connectivity index (χ0v) is 16.4. The fourth-order valence-electron chi connectivity index (χ4n) is 2.70. The standard InChI is InChI=1S/C20H22ClN3O3/c1-24(11-10-14-4-9-17(25-2)18(12-14)26-3)13-19-22-20(23-27-19)15-5-7-16(21)8-6-15/h4-9,12H,10-11,13H2,1-3H3. The molecule has 0 spiro atoms. The molecule has 0 bridgehead atoms. The third-order valence-electron chi connectivity index (χ3n) is 4.21. The van der Waals surface area contributed by atoms with Gasteiger partial charge in [0.05, 0.1) is 20.8 Å². The Hall–Kier alpha value is -2.57. The molecule has 27 heavy (non-hydrogen) atoms. The highest BCUT2D eigenvalue weighted by molar-refractivity contribution is 6.30. The largest absolute Gasteiger partial charge is 0.493 e. The van der Waals surface area contributed by atoms with Gasteiger partial charge in [0.15, 0.2) is 11.5 Å². The first-order valence-electron chi connectivity index (χ1n) is 8.57. The van der Waals surface area contributed by atoms with E-state index in [-0.39, 0.29) is 0 Å². The summed E-state index contributed by atoms with van der Waals surface area (Å²) in [6.07, 6.45) is 0.870. The average Bonchev–Trinajstić information content (AvgIpc) is 3.15. The Morgan fingerprint density at radius 3 is 2.48 bits per heavy atom. The van der Waals surface area contributed by atoms with Gasteiger partial charge in [-0.15, -0.1) is 0 Å². The molecule has 7 heteroatoms. The van der Waals surface area contributed by atoms with Crippen LogP contribution in [0.3, 0.4) is 0 Å². The lowest BCUT2D eigenvalue weighted by Crippen LogP contribution is -2.21. The first-order chi connectivity index (χ1) is 13.1. The minimum Gasteiger partial charge on any atom is -0.493 e. The van der Waals surface area contributed by atoms with Crippen LogP contribution in [-0.2, 0) is 13.0 Å². The molecule has 0 radical (unpaired) electrons. The Balaban J connectivity index is 1.57. The molecule has 3 rings (SSSR count). The fourth-order valence-corrected chi connectivity index (χ4v) is 2.83. The van der Waals surface area contributed by atoms with Crippen molar-refractivity contribution in [1.29, 1.82) is 0 Å². The molecule has 0 aliphatic carbocycles. The van der Waals surface area contributed by atoms with Gasteiger partial charge in [-0.3, -0.25) is 4.90 Å². The molecular weight excluding hydrogens is 366 g/mol. The minimum atomic E-state index is 0.565. The van der Waals surface area contributed by atoms with E-state index in [0.717, 1.165) is 30.0 Å². The van der Waals surface area contributed by atoms with Crippen LogP contribution in [-0.4, -0.2) is 42.9 Å². The van der Waals surface area contributed by atoms with Gasteiger partial charge >= 0.3 is 0 Å². The molecule has 0 amide bonds. The smallest absolute Gasteiger partial charge is 0.241 e. The Kier molecular flexibility index (Phi) is 6.32. The Bertz CT molecular complexity index is 880. The molecule has 0 saturated heterocycles. The molecule has 0 atom stereocenters. The first kappa shape index (κ1) is 19.2. The molecular formula is C20H22ClN3O3. The SMILES string of the molecule is COc1ccc(CCN(C)Cc2nc(-c3ccc(Cl)cc3)no2)cc1OC. The second-order valence-corrected chi connectivity index (χ2v) is 6.63. The Morgan fingerprint density at radius 1 is 1.04 bits per heavy atom. The number of hydrogen-bond acceptors (Lipinski definition) is 6. The molecule has 0 N–H and O–H groups in total. The van der Waals surface area contributed by atoms with Gasteiger partial charge in [0.1, 0.15) is 0 Å². The predicted octanol–water partition coefficient (Wildman–Crippen LogP) is 4.08. The van der Waals surface area contributed by atoms with Crippen molar-refractivity contribution in [2.24, 2.45) is 0 Å².